The Labute approximate surface area is 101 Å². The summed E-state index contributed by atoms with van der Waals surface area (Å²) >= 11 is 5.58. The largest absolute Gasteiger partial charge is 0.462 e. The van der Waals surface area contributed by atoms with Gasteiger partial charge in [0.1, 0.15) is 12.0 Å². The first-order valence-corrected chi connectivity index (χ1v) is 8.23. The first-order valence-electron chi connectivity index (χ1n) is 5.06. The van der Waals surface area contributed by atoms with Gasteiger partial charge in [-0.2, -0.15) is 0 Å². The minimum Gasteiger partial charge on any atom is -0.462 e. The number of hydrogen-bond donors (Lipinski definition) is 0. The molecule has 2 rings (SSSR count). The summed E-state index contributed by atoms with van der Waals surface area (Å²) < 4.78 is 5.91. The van der Waals surface area contributed by atoms with Gasteiger partial charge in [-0.1, -0.05) is 48.5 Å². The van der Waals surface area contributed by atoms with Crippen LogP contribution in [0.4, 0.5) is 0 Å². The smallest absolute Gasteiger partial charge is 0.140 e. The van der Waals surface area contributed by atoms with Crippen LogP contribution < -0.4 is 9.83 Å². The zero-order chi connectivity index (χ0) is 11.4. The SMILES string of the molecule is C[P@@](=S)(Oc1ccccc1)c1ccccc1. The van der Waals surface area contributed by atoms with Crippen molar-refractivity contribution in [3.05, 3.63) is 60.7 Å². The summed E-state index contributed by atoms with van der Waals surface area (Å²) in [6, 6.07) is 19.8. The predicted octanol–water partition coefficient (Wildman–Crippen LogP) is 3.42. The summed E-state index contributed by atoms with van der Waals surface area (Å²) in [6.07, 6.45) is -1.93. The van der Waals surface area contributed by atoms with E-state index in [9.17, 15) is 0 Å². The monoisotopic (exact) mass is 248 g/mol. The van der Waals surface area contributed by atoms with Gasteiger partial charge in [0.2, 0.25) is 0 Å². The zero-order valence-corrected chi connectivity index (χ0v) is 10.7. The minimum absolute atomic E-state index is 0.845. The Kier molecular flexibility index (Phi) is 3.42. The van der Waals surface area contributed by atoms with Gasteiger partial charge >= 0.3 is 0 Å². The third kappa shape index (κ3) is 2.72. The molecule has 16 heavy (non-hydrogen) atoms. The van der Waals surface area contributed by atoms with Crippen molar-refractivity contribution < 1.29 is 4.52 Å². The molecule has 0 aliphatic rings. The van der Waals surface area contributed by atoms with Gasteiger partial charge in [-0.3, -0.25) is 0 Å². The summed E-state index contributed by atoms with van der Waals surface area (Å²) in [4.78, 5) is 0. The highest BCUT2D eigenvalue weighted by molar-refractivity contribution is 8.15. The fourth-order valence-electron chi connectivity index (χ4n) is 1.43. The van der Waals surface area contributed by atoms with Gasteiger partial charge in [0, 0.05) is 12.0 Å². The van der Waals surface area contributed by atoms with Crippen LogP contribution in [0.3, 0.4) is 0 Å². The summed E-state index contributed by atoms with van der Waals surface area (Å²) in [6.45, 7) is 2.00. The molecule has 0 saturated heterocycles. The zero-order valence-electron chi connectivity index (χ0n) is 9.04. The van der Waals surface area contributed by atoms with Crippen molar-refractivity contribution in [2.75, 3.05) is 6.66 Å². The number of rotatable bonds is 3. The second-order valence-electron chi connectivity index (χ2n) is 3.59. The van der Waals surface area contributed by atoms with Gasteiger partial charge in [0.05, 0.1) is 0 Å². The third-order valence-corrected chi connectivity index (χ3v) is 4.90. The average Bonchev–Trinajstić information content (AvgIpc) is 2.31. The number of hydrogen-bond acceptors (Lipinski definition) is 2. The van der Waals surface area contributed by atoms with Crippen LogP contribution in [0.2, 0.25) is 0 Å². The van der Waals surface area contributed by atoms with E-state index >= 15 is 0 Å². The van der Waals surface area contributed by atoms with E-state index in [1.165, 1.54) is 0 Å². The molecule has 0 N–H and O–H groups in total. The molecule has 0 fully saturated rings. The lowest BCUT2D eigenvalue weighted by atomic mass is 10.3. The number of benzene rings is 2. The van der Waals surface area contributed by atoms with Crippen LogP contribution in [-0.4, -0.2) is 6.66 Å². The third-order valence-electron chi connectivity index (χ3n) is 2.25. The molecule has 0 saturated carbocycles. The van der Waals surface area contributed by atoms with Crippen LogP contribution in [0.25, 0.3) is 0 Å². The molecule has 0 aromatic heterocycles. The summed E-state index contributed by atoms with van der Waals surface area (Å²) in [5.41, 5.74) is 0. The maximum Gasteiger partial charge on any atom is 0.140 e. The highest BCUT2D eigenvalue weighted by Crippen LogP contribution is 2.42. The maximum absolute atomic E-state index is 5.91. The van der Waals surface area contributed by atoms with Gasteiger partial charge in [-0.05, 0) is 23.9 Å². The van der Waals surface area contributed by atoms with Gasteiger partial charge in [-0.25, -0.2) is 0 Å². The summed E-state index contributed by atoms with van der Waals surface area (Å²) in [7, 11) is 0. The molecular weight excluding hydrogens is 235 g/mol. The average molecular weight is 248 g/mol. The molecule has 0 unspecified atom stereocenters. The van der Waals surface area contributed by atoms with Crippen molar-refractivity contribution in [1.29, 1.82) is 0 Å². The van der Waals surface area contributed by atoms with Crippen molar-refractivity contribution in [3.63, 3.8) is 0 Å². The van der Waals surface area contributed by atoms with Gasteiger partial charge in [-0.15, -0.1) is 0 Å². The van der Waals surface area contributed by atoms with Crippen LogP contribution in [-0.2, 0) is 11.8 Å². The fraction of sp³-hybridized carbons (Fsp3) is 0.0769. The maximum atomic E-state index is 5.91. The molecular formula is C13H13OPS. The molecule has 82 valence electrons. The Hall–Kier alpha value is -1.11. The lowest BCUT2D eigenvalue weighted by molar-refractivity contribution is 0.624. The Balaban J connectivity index is 2.25. The molecule has 1 atom stereocenters. The van der Waals surface area contributed by atoms with Gasteiger partial charge in [0.15, 0.2) is 0 Å². The molecule has 0 amide bonds. The molecule has 0 bridgehead atoms. The molecule has 0 aliphatic carbocycles. The predicted molar refractivity (Wildman–Crippen MR) is 73.4 cm³/mol. The van der Waals surface area contributed by atoms with E-state index in [-0.39, 0.29) is 0 Å². The van der Waals surface area contributed by atoms with Crippen LogP contribution in [0.5, 0.6) is 5.75 Å². The Bertz CT molecular complexity index is 496. The Morgan fingerprint density at radius 2 is 1.38 bits per heavy atom. The molecule has 3 heteroatoms. The summed E-state index contributed by atoms with van der Waals surface area (Å²) in [5.74, 6) is 0.845. The molecule has 0 aliphatic heterocycles. The van der Waals surface area contributed by atoms with E-state index in [1.807, 2.05) is 67.3 Å². The Morgan fingerprint density at radius 1 is 0.875 bits per heavy atom. The summed E-state index contributed by atoms with van der Waals surface area (Å²) in [5, 5.41) is 1.11. The van der Waals surface area contributed by atoms with E-state index in [0.717, 1.165) is 11.1 Å². The van der Waals surface area contributed by atoms with E-state index in [4.69, 9.17) is 16.3 Å². The molecule has 0 heterocycles. The standard InChI is InChI=1S/C13H13OPS/c1-15(16,13-10-6-3-7-11-13)14-12-8-4-2-5-9-12/h2-11H,1H3/t15-/m0/s1. The molecule has 0 spiro atoms. The van der Waals surface area contributed by atoms with Crippen molar-refractivity contribution in [2.45, 2.75) is 0 Å². The van der Waals surface area contributed by atoms with E-state index < -0.39 is 6.26 Å². The molecule has 1 nitrogen and oxygen atoms in total. The molecule has 2 aromatic carbocycles. The topological polar surface area (TPSA) is 9.23 Å². The van der Waals surface area contributed by atoms with Crippen molar-refractivity contribution in [3.8, 4) is 5.75 Å². The van der Waals surface area contributed by atoms with Crippen LogP contribution in [0.15, 0.2) is 60.7 Å². The highest BCUT2D eigenvalue weighted by atomic mass is 32.4. The molecule has 2 aromatic rings. The second-order valence-corrected chi connectivity index (χ2v) is 8.07. The normalized spacial score (nSPS) is 14.1. The highest BCUT2D eigenvalue weighted by Gasteiger charge is 2.14. The van der Waals surface area contributed by atoms with Crippen molar-refractivity contribution >= 4 is 23.4 Å². The first-order chi connectivity index (χ1) is 7.68. The van der Waals surface area contributed by atoms with Gasteiger partial charge in [0.25, 0.3) is 0 Å². The lowest BCUT2D eigenvalue weighted by Crippen LogP contribution is -2.07. The van der Waals surface area contributed by atoms with E-state index in [2.05, 4.69) is 0 Å². The van der Waals surface area contributed by atoms with E-state index in [0.29, 0.717) is 0 Å². The van der Waals surface area contributed by atoms with Crippen molar-refractivity contribution in [1.82, 2.24) is 0 Å². The van der Waals surface area contributed by atoms with Gasteiger partial charge < -0.3 is 4.52 Å². The fourth-order valence-corrected chi connectivity index (χ4v) is 3.40. The quantitative estimate of drug-likeness (QED) is 0.770. The second kappa shape index (κ2) is 4.82. The number of para-hydroxylation sites is 1. The van der Waals surface area contributed by atoms with E-state index in [1.54, 1.807) is 0 Å². The van der Waals surface area contributed by atoms with Crippen LogP contribution in [0.1, 0.15) is 0 Å². The van der Waals surface area contributed by atoms with Crippen LogP contribution in [0, 0.1) is 0 Å². The molecule has 0 radical (unpaired) electrons. The van der Waals surface area contributed by atoms with Crippen molar-refractivity contribution in [2.24, 2.45) is 0 Å². The van der Waals surface area contributed by atoms with Crippen LogP contribution >= 0.6 is 6.26 Å². The minimum atomic E-state index is -1.93. The first kappa shape index (κ1) is 11.4. The Morgan fingerprint density at radius 3 is 1.94 bits per heavy atom. The lowest BCUT2D eigenvalue weighted by Gasteiger charge is -2.19.